The summed E-state index contributed by atoms with van der Waals surface area (Å²) in [5, 5.41) is 3.02. The third kappa shape index (κ3) is 5.07. The Bertz CT molecular complexity index is 697. The Balaban J connectivity index is 1.35. The molecule has 0 aromatic heterocycles. The summed E-state index contributed by atoms with van der Waals surface area (Å²) >= 11 is 0. The number of carbonyl (C=O) groups excluding carboxylic acids is 1. The highest BCUT2D eigenvalue weighted by molar-refractivity contribution is 5.76. The molecule has 132 valence electrons. The number of methoxy groups -OCH3 is 1. The molecule has 1 aliphatic heterocycles. The van der Waals surface area contributed by atoms with Crippen LogP contribution in [-0.2, 0) is 24.2 Å². The fraction of sp³-hybridized carbons (Fsp3) is 0.381. The fourth-order valence-corrected chi connectivity index (χ4v) is 3.23. The van der Waals surface area contributed by atoms with Gasteiger partial charge in [0.25, 0.3) is 0 Å². The van der Waals surface area contributed by atoms with E-state index < -0.39 is 0 Å². The van der Waals surface area contributed by atoms with Crippen molar-refractivity contribution in [3.63, 3.8) is 0 Å². The second-order valence-corrected chi connectivity index (χ2v) is 6.49. The van der Waals surface area contributed by atoms with Crippen molar-refractivity contribution in [1.82, 2.24) is 10.2 Å². The number of benzene rings is 2. The summed E-state index contributed by atoms with van der Waals surface area (Å²) < 4.78 is 5.15. The van der Waals surface area contributed by atoms with Crippen molar-refractivity contribution in [2.24, 2.45) is 0 Å². The molecule has 0 saturated carbocycles. The highest BCUT2D eigenvalue weighted by Crippen LogP contribution is 2.18. The third-order valence-corrected chi connectivity index (χ3v) is 4.76. The number of fused-ring (bicyclic) bond motifs is 1. The number of rotatable bonds is 7. The second kappa shape index (κ2) is 8.67. The molecule has 4 nitrogen and oxygen atoms in total. The van der Waals surface area contributed by atoms with Gasteiger partial charge in [-0.3, -0.25) is 9.69 Å². The number of ether oxygens (including phenoxy) is 1. The maximum atomic E-state index is 12.1. The molecule has 25 heavy (non-hydrogen) atoms. The van der Waals surface area contributed by atoms with Gasteiger partial charge >= 0.3 is 0 Å². The zero-order chi connectivity index (χ0) is 17.5. The van der Waals surface area contributed by atoms with E-state index in [4.69, 9.17) is 4.74 Å². The smallest absolute Gasteiger partial charge is 0.221 e. The lowest BCUT2D eigenvalue weighted by Gasteiger charge is -2.28. The van der Waals surface area contributed by atoms with E-state index >= 15 is 0 Å². The highest BCUT2D eigenvalue weighted by atomic mass is 16.5. The maximum Gasteiger partial charge on any atom is 0.221 e. The van der Waals surface area contributed by atoms with Gasteiger partial charge in [0, 0.05) is 32.6 Å². The van der Waals surface area contributed by atoms with Gasteiger partial charge in [0.1, 0.15) is 5.75 Å². The predicted octanol–water partition coefficient (Wildman–Crippen LogP) is 2.80. The summed E-state index contributed by atoms with van der Waals surface area (Å²) in [6, 6.07) is 16.6. The van der Waals surface area contributed by atoms with Gasteiger partial charge in [-0.1, -0.05) is 36.4 Å². The van der Waals surface area contributed by atoms with Gasteiger partial charge in [0.05, 0.1) is 7.11 Å². The number of nitrogens with zero attached hydrogens (tertiary/aromatic N) is 1. The molecule has 1 N–H and O–H groups in total. The molecule has 0 spiro atoms. The van der Waals surface area contributed by atoms with E-state index in [1.165, 1.54) is 16.7 Å². The second-order valence-electron chi connectivity index (χ2n) is 6.49. The largest absolute Gasteiger partial charge is 0.497 e. The molecule has 0 aliphatic carbocycles. The van der Waals surface area contributed by atoms with Crippen LogP contribution >= 0.6 is 0 Å². The lowest BCUT2D eigenvalue weighted by Crippen LogP contribution is -2.35. The van der Waals surface area contributed by atoms with Crippen molar-refractivity contribution in [2.45, 2.75) is 25.8 Å². The van der Waals surface area contributed by atoms with E-state index in [2.05, 4.69) is 34.5 Å². The molecule has 0 unspecified atom stereocenters. The van der Waals surface area contributed by atoms with E-state index in [-0.39, 0.29) is 5.91 Å². The molecule has 0 radical (unpaired) electrons. The molecule has 0 bridgehead atoms. The number of nitrogens with one attached hydrogen (secondary N) is 1. The van der Waals surface area contributed by atoms with Crippen LogP contribution < -0.4 is 10.1 Å². The Morgan fingerprint density at radius 1 is 1.12 bits per heavy atom. The first-order chi connectivity index (χ1) is 12.2. The van der Waals surface area contributed by atoms with Crippen LogP contribution in [0.5, 0.6) is 5.75 Å². The zero-order valence-electron chi connectivity index (χ0n) is 14.8. The van der Waals surface area contributed by atoms with Crippen molar-refractivity contribution in [3.05, 3.63) is 65.2 Å². The molecule has 1 amide bonds. The SMILES string of the molecule is COc1ccc(CCNC(=O)CCN2CCc3ccccc3C2)cc1. The average Bonchev–Trinajstić information content (AvgIpc) is 2.67. The van der Waals surface area contributed by atoms with Gasteiger partial charge in [-0.25, -0.2) is 0 Å². The van der Waals surface area contributed by atoms with Crippen molar-refractivity contribution in [1.29, 1.82) is 0 Å². The number of carbonyl (C=O) groups is 1. The van der Waals surface area contributed by atoms with Crippen LogP contribution in [0, 0.1) is 0 Å². The van der Waals surface area contributed by atoms with Crippen molar-refractivity contribution in [3.8, 4) is 5.75 Å². The summed E-state index contributed by atoms with van der Waals surface area (Å²) in [4.78, 5) is 14.4. The summed E-state index contributed by atoms with van der Waals surface area (Å²) in [6.07, 6.45) is 2.48. The van der Waals surface area contributed by atoms with Gasteiger partial charge < -0.3 is 10.1 Å². The Labute approximate surface area is 149 Å². The maximum absolute atomic E-state index is 12.1. The van der Waals surface area contributed by atoms with E-state index in [0.717, 1.165) is 38.2 Å². The van der Waals surface area contributed by atoms with Crippen LogP contribution in [0.15, 0.2) is 48.5 Å². The van der Waals surface area contributed by atoms with Gasteiger partial charge in [0.15, 0.2) is 0 Å². The van der Waals surface area contributed by atoms with Gasteiger partial charge in [-0.2, -0.15) is 0 Å². The van der Waals surface area contributed by atoms with Crippen LogP contribution in [0.2, 0.25) is 0 Å². The van der Waals surface area contributed by atoms with E-state index in [0.29, 0.717) is 13.0 Å². The minimum Gasteiger partial charge on any atom is -0.497 e. The first-order valence-electron chi connectivity index (χ1n) is 8.93. The Hall–Kier alpha value is -2.33. The van der Waals surface area contributed by atoms with Crippen molar-refractivity contribution < 1.29 is 9.53 Å². The fourth-order valence-electron chi connectivity index (χ4n) is 3.23. The van der Waals surface area contributed by atoms with Crippen LogP contribution in [0.4, 0.5) is 0 Å². The van der Waals surface area contributed by atoms with Gasteiger partial charge in [0.2, 0.25) is 5.91 Å². The van der Waals surface area contributed by atoms with Gasteiger partial charge in [-0.15, -0.1) is 0 Å². The molecular weight excluding hydrogens is 312 g/mol. The van der Waals surface area contributed by atoms with Crippen molar-refractivity contribution >= 4 is 5.91 Å². The third-order valence-electron chi connectivity index (χ3n) is 4.76. The number of amides is 1. The Kier molecular flexibility index (Phi) is 6.07. The summed E-state index contributed by atoms with van der Waals surface area (Å²) in [7, 11) is 1.66. The molecule has 3 rings (SSSR count). The van der Waals surface area contributed by atoms with E-state index in [1.807, 2.05) is 24.3 Å². The van der Waals surface area contributed by atoms with E-state index in [1.54, 1.807) is 7.11 Å². The lowest BCUT2D eigenvalue weighted by atomic mass is 10.00. The van der Waals surface area contributed by atoms with Crippen molar-refractivity contribution in [2.75, 3.05) is 26.7 Å². The summed E-state index contributed by atoms with van der Waals surface area (Å²) in [6.45, 7) is 3.49. The molecular formula is C21H26N2O2. The lowest BCUT2D eigenvalue weighted by molar-refractivity contribution is -0.121. The van der Waals surface area contributed by atoms with Crippen LogP contribution in [0.25, 0.3) is 0 Å². The van der Waals surface area contributed by atoms with Crippen LogP contribution in [0.1, 0.15) is 23.1 Å². The summed E-state index contributed by atoms with van der Waals surface area (Å²) in [5.74, 6) is 0.989. The number of hydrogen-bond acceptors (Lipinski definition) is 3. The first-order valence-corrected chi connectivity index (χ1v) is 8.93. The molecule has 0 atom stereocenters. The Morgan fingerprint density at radius 3 is 2.64 bits per heavy atom. The zero-order valence-corrected chi connectivity index (χ0v) is 14.8. The van der Waals surface area contributed by atoms with Crippen LogP contribution in [0.3, 0.4) is 0 Å². The van der Waals surface area contributed by atoms with Gasteiger partial charge in [-0.05, 0) is 41.7 Å². The summed E-state index contributed by atoms with van der Waals surface area (Å²) in [5.41, 5.74) is 4.05. The molecule has 1 aliphatic rings. The molecule has 1 heterocycles. The highest BCUT2D eigenvalue weighted by Gasteiger charge is 2.16. The first kappa shape index (κ1) is 17.5. The molecule has 2 aromatic carbocycles. The Morgan fingerprint density at radius 2 is 1.88 bits per heavy atom. The molecule has 4 heteroatoms. The minimum absolute atomic E-state index is 0.132. The predicted molar refractivity (Wildman–Crippen MR) is 99.7 cm³/mol. The quantitative estimate of drug-likeness (QED) is 0.844. The number of hydrogen-bond donors (Lipinski definition) is 1. The topological polar surface area (TPSA) is 41.6 Å². The molecule has 2 aromatic rings. The molecule has 0 fully saturated rings. The minimum atomic E-state index is 0.132. The molecule has 0 saturated heterocycles. The average molecular weight is 338 g/mol. The van der Waals surface area contributed by atoms with E-state index in [9.17, 15) is 4.79 Å². The normalized spacial score (nSPS) is 14.0. The monoisotopic (exact) mass is 338 g/mol. The standard InChI is InChI=1S/C21H26N2O2/c1-25-20-8-6-17(7-9-20)10-13-22-21(24)12-15-23-14-11-18-4-2-3-5-19(18)16-23/h2-9H,10-16H2,1H3,(H,22,24). The van der Waals surface area contributed by atoms with Crippen LogP contribution in [-0.4, -0.2) is 37.6 Å².